The largest absolute Gasteiger partial charge is 0.374 e. The molecule has 1 aromatic carbocycles. The topological polar surface area (TPSA) is 21.3 Å². The van der Waals surface area contributed by atoms with Crippen molar-refractivity contribution in [3.8, 4) is 0 Å². The van der Waals surface area contributed by atoms with Gasteiger partial charge >= 0.3 is 0 Å². The molecule has 1 fully saturated rings. The molecule has 1 saturated carbocycles. The number of likely N-dealkylation sites (N-methyl/N-ethyl adjacent to an activating group) is 1. The van der Waals surface area contributed by atoms with Gasteiger partial charge in [0.15, 0.2) is 0 Å². The summed E-state index contributed by atoms with van der Waals surface area (Å²) in [6.07, 6.45) is 10.1. The summed E-state index contributed by atoms with van der Waals surface area (Å²) in [5, 5.41) is 3.34. The SMILES string of the molecule is CNCC1(OCCCc2ccccc2)CCCCCC1. The van der Waals surface area contributed by atoms with Crippen LogP contribution in [0.15, 0.2) is 30.3 Å². The number of hydrogen-bond acceptors (Lipinski definition) is 2. The molecule has 0 spiro atoms. The first-order chi connectivity index (χ1) is 9.85. The molecule has 2 nitrogen and oxygen atoms in total. The van der Waals surface area contributed by atoms with Crippen molar-refractivity contribution in [2.45, 2.75) is 57.0 Å². The molecule has 0 amide bonds. The van der Waals surface area contributed by atoms with Gasteiger partial charge in [0.25, 0.3) is 0 Å². The van der Waals surface area contributed by atoms with E-state index in [1.165, 1.54) is 44.1 Å². The van der Waals surface area contributed by atoms with Crippen molar-refractivity contribution < 1.29 is 4.74 Å². The van der Waals surface area contributed by atoms with Crippen molar-refractivity contribution in [1.29, 1.82) is 0 Å². The summed E-state index contributed by atoms with van der Waals surface area (Å²) >= 11 is 0. The third-order valence-corrected chi connectivity index (χ3v) is 4.37. The van der Waals surface area contributed by atoms with Crippen LogP contribution in [0.25, 0.3) is 0 Å². The zero-order valence-electron chi connectivity index (χ0n) is 12.9. The second kappa shape index (κ2) is 8.43. The fourth-order valence-corrected chi connectivity index (χ4v) is 3.28. The first-order valence-electron chi connectivity index (χ1n) is 8.17. The first kappa shape index (κ1) is 15.5. The van der Waals surface area contributed by atoms with E-state index in [0.717, 1.165) is 26.0 Å². The predicted octanol–water partition coefficient (Wildman–Crippen LogP) is 3.95. The molecule has 0 heterocycles. The minimum absolute atomic E-state index is 0.0991. The molecule has 0 unspecified atom stereocenters. The van der Waals surface area contributed by atoms with Gasteiger partial charge in [-0.1, -0.05) is 56.0 Å². The first-order valence-corrected chi connectivity index (χ1v) is 8.17. The summed E-state index contributed by atoms with van der Waals surface area (Å²) in [5.41, 5.74) is 1.52. The zero-order valence-corrected chi connectivity index (χ0v) is 12.9. The molecule has 20 heavy (non-hydrogen) atoms. The molecule has 112 valence electrons. The van der Waals surface area contributed by atoms with E-state index in [0.29, 0.717) is 0 Å². The molecule has 2 heteroatoms. The van der Waals surface area contributed by atoms with Crippen LogP contribution in [-0.2, 0) is 11.2 Å². The molecule has 0 bridgehead atoms. The van der Waals surface area contributed by atoms with Crippen LogP contribution in [0.2, 0.25) is 0 Å². The summed E-state index contributed by atoms with van der Waals surface area (Å²) < 4.78 is 6.35. The van der Waals surface area contributed by atoms with Crippen molar-refractivity contribution in [2.75, 3.05) is 20.2 Å². The van der Waals surface area contributed by atoms with Gasteiger partial charge in [-0.25, -0.2) is 0 Å². The highest BCUT2D eigenvalue weighted by atomic mass is 16.5. The summed E-state index contributed by atoms with van der Waals surface area (Å²) in [4.78, 5) is 0. The maximum Gasteiger partial charge on any atom is 0.0806 e. The Hall–Kier alpha value is -0.860. The minimum atomic E-state index is 0.0991. The molecule has 2 rings (SSSR count). The lowest BCUT2D eigenvalue weighted by Gasteiger charge is -2.33. The maximum absolute atomic E-state index is 6.35. The van der Waals surface area contributed by atoms with Crippen molar-refractivity contribution in [3.63, 3.8) is 0 Å². The number of aryl methyl sites for hydroxylation is 1. The summed E-state index contributed by atoms with van der Waals surface area (Å²) in [6.45, 7) is 1.88. The van der Waals surface area contributed by atoms with Gasteiger partial charge in [0, 0.05) is 13.2 Å². The molecular weight excluding hydrogens is 246 g/mol. The summed E-state index contributed by atoms with van der Waals surface area (Å²) in [5.74, 6) is 0. The quantitative estimate of drug-likeness (QED) is 0.601. The number of hydrogen-bond donors (Lipinski definition) is 1. The fraction of sp³-hybridized carbons (Fsp3) is 0.667. The Balaban J connectivity index is 1.77. The third kappa shape index (κ3) is 4.92. The highest BCUT2D eigenvalue weighted by Crippen LogP contribution is 2.30. The van der Waals surface area contributed by atoms with Crippen LogP contribution in [0.5, 0.6) is 0 Å². The predicted molar refractivity (Wildman–Crippen MR) is 85.1 cm³/mol. The molecule has 1 aliphatic rings. The van der Waals surface area contributed by atoms with Gasteiger partial charge in [-0.2, -0.15) is 0 Å². The van der Waals surface area contributed by atoms with Gasteiger partial charge in [0.2, 0.25) is 0 Å². The highest BCUT2D eigenvalue weighted by Gasteiger charge is 2.30. The van der Waals surface area contributed by atoms with Crippen molar-refractivity contribution in [3.05, 3.63) is 35.9 Å². The molecule has 1 N–H and O–H groups in total. The Morgan fingerprint density at radius 1 is 1.05 bits per heavy atom. The van der Waals surface area contributed by atoms with E-state index in [4.69, 9.17) is 4.74 Å². The average molecular weight is 275 g/mol. The van der Waals surface area contributed by atoms with Crippen LogP contribution in [0.1, 0.15) is 50.5 Å². The van der Waals surface area contributed by atoms with Gasteiger partial charge < -0.3 is 10.1 Å². The van der Waals surface area contributed by atoms with E-state index >= 15 is 0 Å². The third-order valence-electron chi connectivity index (χ3n) is 4.37. The Labute approximate surface area is 123 Å². The van der Waals surface area contributed by atoms with Crippen LogP contribution in [0, 0.1) is 0 Å². The lowest BCUT2D eigenvalue weighted by molar-refractivity contribution is -0.0546. The lowest BCUT2D eigenvalue weighted by atomic mass is 9.94. The van der Waals surface area contributed by atoms with Crippen LogP contribution in [0.3, 0.4) is 0 Å². The second-order valence-electron chi connectivity index (χ2n) is 6.07. The van der Waals surface area contributed by atoms with Gasteiger partial charge in [0.1, 0.15) is 0 Å². The molecule has 0 aromatic heterocycles. The zero-order chi connectivity index (χ0) is 14.1. The average Bonchev–Trinajstić information content (AvgIpc) is 2.71. The van der Waals surface area contributed by atoms with Crippen LogP contribution >= 0.6 is 0 Å². The summed E-state index contributed by atoms with van der Waals surface area (Å²) in [6, 6.07) is 10.7. The van der Waals surface area contributed by atoms with E-state index in [1.807, 2.05) is 7.05 Å². The van der Waals surface area contributed by atoms with Crippen LogP contribution in [0.4, 0.5) is 0 Å². The Kier molecular flexibility index (Phi) is 6.55. The van der Waals surface area contributed by atoms with Gasteiger partial charge in [0.05, 0.1) is 5.60 Å². The van der Waals surface area contributed by atoms with Crippen molar-refractivity contribution in [1.82, 2.24) is 5.32 Å². The normalized spacial score (nSPS) is 18.6. The van der Waals surface area contributed by atoms with Gasteiger partial charge in [-0.15, -0.1) is 0 Å². The van der Waals surface area contributed by atoms with Crippen LogP contribution < -0.4 is 5.32 Å². The van der Waals surface area contributed by atoms with Gasteiger partial charge in [-0.3, -0.25) is 0 Å². The molecular formula is C18H29NO. The van der Waals surface area contributed by atoms with Crippen LogP contribution in [-0.4, -0.2) is 25.8 Å². The number of nitrogens with one attached hydrogen (secondary N) is 1. The van der Waals surface area contributed by atoms with E-state index in [9.17, 15) is 0 Å². The summed E-state index contributed by atoms with van der Waals surface area (Å²) in [7, 11) is 2.04. The Bertz CT molecular complexity index is 355. The van der Waals surface area contributed by atoms with Crippen molar-refractivity contribution >= 4 is 0 Å². The molecule has 1 aromatic rings. The molecule has 0 atom stereocenters. The maximum atomic E-state index is 6.35. The monoisotopic (exact) mass is 275 g/mol. The number of ether oxygens (including phenoxy) is 1. The fourth-order valence-electron chi connectivity index (χ4n) is 3.28. The minimum Gasteiger partial charge on any atom is -0.374 e. The Morgan fingerprint density at radius 3 is 2.40 bits per heavy atom. The van der Waals surface area contributed by atoms with E-state index < -0.39 is 0 Å². The Morgan fingerprint density at radius 2 is 1.75 bits per heavy atom. The molecule has 0 radical (unpaired) electrons. The van der Waals surface area contributed by atoms with Gasteiger partial charge in [-0.05, 0) is 38.3 Å². The highest BCUT2D eigenvalue weighted by molar-refractivity contribution is 5.14. The molecule has 0 aliphatic heterocycles. The standard InChI is InChI=1S/C18H29NO/c1-19-16-18(13-7-2-3-8-14-18)20-15-9-12-17-10-5-4-6-11-17/h4-6,10-11,19H,2-3,7-9,12-16H2,1H3. The smallest absolute Gasteiger partial charge is 0.0806 e. The number of benzene rings is 1. The molecule has 0 saturated heterocycles. The second-order valence-corrected chi connectivity index (χ2v) is 6.07. The number of rotatable bonds is 7. The van der Waals surface area contributed by atoms with E-state index in [1.54, 1.807) is 0 Å². The van der Waals surface area contributed by atoms with E-state index in [-0.39, 0.29) is 5.60 Å². The van der Waals surface area contributed by atoms with Crippen molar-refractivity contribution in [2.24, 2.45) is 0 Å². The lowest BCUT2D eigenvalue weighted by Crippen LogP contribution is -2.42. The molecule has 1 aliphatic carbocycles. The van der Waals surface area contributed by atoms with E-state index in [2.05, 4.69) is 35.6 Å².